The minimum Gasteiger partial charge on any atom is -0.480 e. The summed E-state index contributed by atoms with van der Waals surface area (Å²) in [6.07, 6.45) is -3.39. The van der Waals surface area contributed by atoms with E-state index in [2.05, 4.69) is 16.4 Å². The van der Waals surface area contributed by atoms with E-state index < -0.39 is 53.0 Å². The first-order chi connectivity index (χ1) is 20.2. The van der Waals surface area contributed by atoms with Crippen LogP contribution >= 0.6 is 0 Å². The Morgan fingerprint density at radius 1 is 1.07 bits per heavy atom. The second kappa shape index (κ2) is 12.1. The van der Waals surface area contributed by atoms with Gasteiger partial charge in [-0.1, -0.05) is 24.3 Å². The fraction of sp³-hybridized carbons (Fsp3) is 0.226. The summed E-state index contributed by atoms with van der Waals surface area (Å²) in [4.78, 5) is 30.1. The van der Waals surface area contributed by atoms with E-state index in [1.807, 2.05) is 6.92 Å². The molecule has 4 aromatic rings. The number of amides is 1. The van der Waals surface area contributed by atoms with Crippen molar-refractivity contribution in [2.24, 2.45) is 0 Å². The van der Waals surface area contributed by atoms with Gasteiger partial charge in [0.15, 0.2) is 0 Å². The van der Waals surface area contributed by atoms with Gasteiger partial charge in [-0.25, -0.2) is 13.6 Å². The number of nitrogens with zero attached hydrogens (tertiary/aromatic N) is 3. The van der Waals surface area contributed by atoms with Crippen molar-refractivity contribution in [3.05, 3.63) is 94.7 Å². The Morgan fingerprint density at radius 3 is 2.30 bits per heavy atom. The molecular formula is C31H25F5N4O3. The zero-order valence-corrected chi connectivity index (χ0v) is 23.1. The third-order valence-electron chi connectivity index (χ3n) is 7.25. The lowest BCUT2D eigenvalue weighted by Gasteiger charge is -2.29. The smallest absolute Gasteiger partial charge is 0.408 e. The molecule has 43 heavy (non-hydrogen) atoms. The fourth-order valence-electron chi connectivity index (χ4n) is 4.74. The number of carbonyl (C=O) groups excluding carboxylic acids is 1. The quantitative estimate of drug-likeness (QED) is 0.236. The van der Waals surface area contributed by atoms with E-state index in [1.165, 1.54) is 0 Å². The maximum atomic E-state index is 14.9. The van der Waals surface area contributed by atoms with E-state index in [4.69, 9.17) is 0 Å². The molecule has 222 valence electrons. The van der Waals surface area contributed by atoms with Gasteiger partial charge in [0, 0.05) is 36.3 Å². The van der Waals surface area contributed by atoms with Crippen molar-refractivity contribution in [3.63, 3.8) is 0 Å². The molecule has 3 aromatic carbocycles. The Hall–Kier alpha value is -5.05. The predicted octanol–water partition coefficient (Wildman–Crippen LogP) is 6.17. The van der Waals surface area contributed by atoms with Crippen molar-refractivity contribution in [2.75, 3.05) is 11.9 Å². The summed E-state index contributed by atoms with van der Waals surface area (Å²) in [5.41, 5.74) is 2.28. The molecule has 0 saturated carbocycles. The molecule has 0 aliphatic carbocycles. The average Bonchev–Trinajstić information content (AvgIpc) is 2.95. The number of aromatic nitrogens is 1. The molecule has 1 aromatic heterocycles. The van der Waals surface area contributed by atoms with Crippen LogP contribution < -0.4 is 10.2 Å². The van der Waals surface area contributed by atoms with Crippen LogP contribution in [-0.4, -0.2) is 47.3 Å². The number of hydrogen-bond donors (Lipinski definition) is 2. The van der Waals surface area contributed by atoms with Gasteiger partial charge in [-0.15, -0.1) is 0 Å². The van der Waals surface area contributed by atoms with E-state index in [-0.39, 0.29) is 6.42 Å². The molecule has 2 N–H and O–H groups in total. The Balaban J connectivity index is 1.64. The average molecular weight is 597 g/mol. The number of carbonyl (C=O) groups is 2. The highest BCUT2D eigenvalue weighted by Gasteiger charge is 2.39. The first-order valence-corrected chi connectivity index (χ1v) is 12.9. The van der Waals surface area contributed by atoms with Gasteiger partial charge in [0.2, 0.25) is 0 Å². The molecule has 0 saturated heterocycles. The number of alkyl halides is 3. The Bertz CT molecular complexity index is 1740. The zero-order chi connectivity index (χ0) is 31.6. The SMILES string of the molecule is Cc1cc(C#N)ccc1-c1ccc(C[C@H](NC(=O)c2c(F)cc(N(C)[C@H](C)C(F)(F)F)cc2F)C(=O)O)c2cccnc12. The maximum Gasteiger partial charge on any atom is 0.408 e. The number of carboxylic acids is 1. The van der Waals surface area contributed by atoms with E-state index >= 15 is 0 Å². The third kappa shape index (κ3) is 6.40. The van der Waals surface area contributed by atoms with E-state index in [0.29, 0.717) is 39.1 Å². The minimum absolute atomic E-state index is 0.275. The topological polar surface area (TPSA) is 106 Å². The van der Waals surface area contributed by atoms with Crippen LogP contribution in [0.4, 0.5) is 27.6 Å². The number of rotatable bonds is 8. The van der Waals surface area contributed by atoms with E-state index in [0.717, 1.165) is 30.7 Å². The zero-order valence-electron chi connectivity index (χ0n) is 23.1. The van der Waals surface area contributed by atoms with Crippen LogP contribution in [-0.2, 0) is 11.2 Å². The molecule has 0 spiro atoms. The molecule has 4 rings (SSSR count). The summed E-state index contributed by atoms with van der Waals surface area (Å²) in [6.45, 7) is 2.65. The Morgan fingerprint density at radius 2 is 1.72 bits per heavy atom. The number of benzene rings is 3. The predicted molar refractivity (Wildman–Crippen MR) is 150 cm³/mol. The lowest BCUT2D eigenvalue weighted by molar-refractivity contribution is -0.144. The number of fused-ring (bicyclic) bond motifs is 1. The largest absolute Gasteiger partial charge is 0.480 e. The van der Waals surface area contributed by atoms with Gasteiger partial charge < -0.3 is 15.3 Å². The number of carboxylic acid groups (broad SMARTS) is 1. The highest BCUT2D eigenvalue weighted by molar-refractivity contribution is 5.99. The van der Waals surface area contributed by atoms with Gasteiger partial charge in [0.25, 0.3) is 5.91 Å². The summed E-state index contributed by atoms with van der Waals surface area (Å²) in [7, 11) is 1.000. The Labute approximate surface area is 243 Å². The molecule has 0 bridgehead atoms. The highest BCUT2D eigenvalue weighted by Crippen LogP contribution is 2.33. The number of halogens is 5. The van der Waals surface area contributed by atoms with Gasteiger partial charge in [-0.05, 0) is 60.9 Å². The summed E-state index contributed by atoms with van der Waals surface area (Å²) in [6, 6.07) is 11.5. The maximum absolute atomic E-state index is 14.9. The number of anilines is 1. The van der Waals surface area contributed by atoms with Crippen molar-refractivity contribution in [3.8, 4) is 17.2 Å². The number of nitrogens with one attached hydrogen (secondary N) is 1. The first-order valence-electron chi connectivity index (χ1n) is 12.9. The third-order valence-corrected chi connectivity index (χ3v) is 7.25. The van der Waals surface area contributed by atoms with Crippen LogP contribution in [0.25, 0.3) is 22.0 Å². The molecular weight excluding hydrogens is 571 g/mol. The molecule has 0 unspecified atom stereocenters. The summed E-state index contributed by atoms with van der Waals surface area (Å²) >= 11 is 0. The molecule has 0 aliphatic rings. The van der Waals surface area contributed by atoms with Crippen LogP contribution in [0.2, 0.25) is 0 Å². The minimum atomic E-state index is -4.68. The summed E-state index contributed by atoms with van der Waals surface area (Å²) in [5, 5.41) is 21.7. The normalized spacial score (nSPS) is 12.8. The van der Waals surface area contributed by atoms with Crippen molar-refractivity contribution in [2.45, 2.75) is 38.5 Å². The molecule has 0 fully saturated rings. The molecule has 1 amide bonds. The molecule has 0 aliphatic heterocycles. The van der Waals surface area contributed by atoms with Gasteiger partial charge in [0.05, 0.1) is 17.1 Å². The lowest BCUT2D eigenvalue weighted by Crippen LogP contribution is -2.43. The van der Waals surface area contributed by atoms with Crippen molar-refractivity contribution in [1.29, 1.82) is 5.26 Å². The number of hydrogen-bond acceptors (Lipinski definition) is 5. The van der Waals surface area contributed by atoms with Crippen LogP contribution in [0.3, 0.4) is 0 Å². The van der Waals surface area contributed by atoms with Crippen LogP contribution in [0.15, 0.2) is 60.8 Å². The van der Waals surface area contributed by atoms with Gasteiger partial charge in [0.1, 0.15) is 29.3 Å². The van der Waals surface area contributed by atoms with E-state index in [1.54, 1.807) is 48.7 Å². The Kier molecular flexibility index (Phi) is 8.66. The van der Waals surface area contributed by atoms with Crippen LogP contribution in [0, 0.1) is 29.9 Å². The molecule has 12 heteroatoms. The van der Waals surface area contributed by atoms with Crippen LogP contribution in [0.1, 0.15) is 34.0 Å². The molecule has 2 atom stereocenters. The van der Waals surface area contributed by atoms with Gasteiger partial charge >= 0.3 is 12.1 Å². The summed E-state index contributed by atoms with van der Waals surface area (Å²) < 4.78 is 69.0. The number of nitriles is 1. The van der Waals surface area contributed by atoms with E-state index in [9.17, 15) is 41.9 Å². The molecule has 1 heterocycles. The van der Waals surface area contributed by atoms with Gasteiger partial charge in [-0.2, -0.15) is 18.4 Å². The first kappa shape index (κ1) is 30.9. The van der Waals surface area contributed by atoms with Crippen molar-refractivity contribution in [1.82, 2.24) is 10.3 Å². The molecule has 0 radical (unpaired) electrons. The number of aliphatic carboxylic acids is 1. The lowest BCUT2D eigenvalue weighted by atomic mass is 9.92. The van der Waals surface area contributed by atoms with Crippen LogP contribution in [0.5, 0.6) is 0 Å². The second-order valence-corrected chi connectivity index (χ2v) is 9.99. The molecule has 7 nitrogen and oxygen atoms in total. The van der Waals surface area contributed by atoms with Crippen molar-refractivity contribution < 1.29 is 36.6 Å². The fourth-order valence-corrected chi connectivity index (χ4v) is 4.74. The monoisotopic (exact) mass is 596 g/mol. The highest BCUT2D eigenvalue weighted by atomic mass is 19.4. The summed E-state index contributed by atoms with van der Waals surface area (Å²) in [5.74, 6) is -5.76. The second-order valence-electron chi connectivity index (χ2n) is 9.99. The number of aryl methyl sites for hydroxylation is 1. The standard InChI is InChI=1S/C31H25F5N4O3/c1-16-11-18(15-37)6-8-21(16)23-9-7-19(22-5-4-10-38-28(22)23)12-26(30(42)43)39-29(41)27-24(32)13-20(14-25(27)33)40(3)17(2)31(34,35)36/h4-11,13-14,17,26H,12H2,1-3H3,(H,39,41)(H,42,43)/t17-,26+/m1/s1. The van der Waals surface area contributed by atoms with Crippen molar-refractivity contribution >= 4 is 28.5 Å². The number of pyridine rings is 1. The van der Waals surface area contributed by atoms with Gasteiger partial charge in [-0.3, -0.25) is 9.78 Å².